The van der Waals surface area contributed by atoms with Gasteiger partial charge in [-0.25, -0.2) is 0 Å². The molecule has 1 aromatic heterocycles. The molecule has 0 amide bonds. The smallest absolute Gasteiger partial charge is 0.278 e. The zero-order valence-corrected chi connectivity index (χ0v) is 9.64. The number of nitrogens with zero attached hydrogens (tertiary/aromatic N) is 1. The third-order valence-corrected chi connectivity index (χ3v) is 2.69. The summed E-state index contributed by atoms with van der Waals surface area (Å²) in [4.78, 5) is 13.7. The summed E-state index contributed by atoms with van der Waals surface area (Å²) in [6.45, 7) is 2.06. The molecule has 0 fully saturated rings. The molecule has 2 aromatic rings. The Morgan fingerprint density at radius 3 is 2.76 bits per heavy atom. The highest BCUT2D eigenvalue weighted by Crippen LogP contribution is 2.29. The fourth-order valence-corrected chi connectivity index (χ4v) is 1.90. The van der Waals surface area contributed by atoms with Gasteiger partial charge in [-0.05, 0) is 30.2 Å². The summed E-state index contributed by atoms with van der Waals surface area (Å²) >= 11 is 0. The van der Waals surface area contributed by atoms with E-state index in [4.69, 9.17) is 0 Å². The van der Waals surface area contributed by atoms with Gasteiger partial charge in [0.15, 0.2) is 0 Å². The minimum absolute atomic E-state index is 0.165. The van der Waals surface area contributed by atoms with Crippen molar-refractivity contribution >= 4 is 5.69 Å². The fraction of sp³-hybridized carbons (Fsp3) is 0.231. The molecule has 4 nitrogen and oxygen atoms in total. The number of nitrogens with one attached hydrogen (secondary N) is 1. The molecule has 1 aromatic carbocycles. The van der Waals surface area contributed by atoms with E-state index in [2.05, 4.69) is 11.9 Å². The molecule has 0 aliphatic heterocycles. The molecular weight excluding hydrogens is 216 g/mol. The number of aromatic nitrogens is 1. The van der Waals surface area contributed by atoms with Crippen LogP contribution in [0.4, 0.5) is 5.69 Å². The molecule has 2 rings (SSSR count). The van der Waals surface area contributed by atoms with Crippen molar-refractivity contribution in [2.75, 3.05) is 0 Å². The summed E-state index contributed by atoms with van der Waals surface area (Å²) in [5.41, 5.74) is 2.59. The number of hydrogen-bond donors (Lipinski definition) is 1. The second-order valence-corrected chi connectivity index (χ2v) is 3.94. The maximum atomic E-state index is 11.1. The van der Waals surface area contributed by atoms with Gasteiger partial charge in [-0.2, -0.15) is 0 Å². The number of H-pyrrole nitrogens is 1. The van der Waals surface area contributed by atoms with Gasteiger partial charge in [0.05, 0.1) is 16.2 Å². The number of aryl methyl sites for hydroxylation is 1. The molecule has 0 unspecified atom stereocenters. The highest BCUT2D eigenvalue weighted by atomic mass is 16.6. The first-order valence-electron chi connectivity index (χ1n) is 5.63. The second kappa shape index (κ2) is 4.82. The van der Waals surface area contributed by atoms with E-state index in [1.165, 1.54) is 0 Å². The first kappa shape index (κ1) is 11.4. The molecule has 0 bridgehead atoms. The minimum atomic E-state index is -0.324. The lowest BCUT2D eigenvalue weighted by Gasteiger charge is -2.04. The van der Waals surface area contributed by atoms with Crippen molar-refractivity contribution in [3.8, 4) is 11.3 Å². The van der Waals surface area contributed by atoms with Crippen LogP contribution < -0.4 is 0 Å². The number of benzene rings is 1. The van der Waals surface area contributed by atoms with E-state index in [0.717, 1.165) is 24.1 Å². The Kier molecular flexibility index (Phi) is 3.23. The van der Waals surface area contributed by atoms with Crippen LogP contribution in [0.5, 0.6) is 0 Å². The number of aromatic amines is 1. The topological polar surface area (TPSA) is 58.9 Å². The van der Waals surface area contributed by atoms with Crippen LogP contribution >= 0.6 is 0 Å². The van der Waals surface area contributed by atoms with Crippen LogP contribution in [0.25, 0.3) is 11.3 Å². The lowest BCUT2D eigenvalue weighted by molar-refractivity contribution is -0.384. The number of rotatable bonds is 4. The third kappa shape index (κ3) is 2.36. The Bertz CT molecular complexity index is 518. The molecule has 88 valence electrons. The van der Waals surface area contributed by atoms with E-state index in [9.17, 15) is 10.1 Å². The average Bonchev–Trinajstić information content (AvgIpc) is 2.82. The van der Waals surface area contributed by atoms with Crippen LogP contribution in [0.3, 0.4) is 0 Å². The fourth-order valence-electron chi connectivity index (χ4n) is 1.90. The lowest BCUT2D eigenvalue weighted by Crippen LogP contribution is -1.94. The van der Waals surface area contributed by atoms with Crippen molar-refractivity contribution in [1.82, 2.24) is 4.98 Å². The summed E-state index contributed by atoms with van der Waals surface area (Å²) in [7, 11) is 0. The van der Waals surface area contributed by atoms with Gasteiger partial charge in [-0.3, -0.25) is 10.1 Å². The van der Waals surface area contributed by atoms with Crippen molar-refractivity contribution in [2.45, 2.75) is 19.8 Å². The maximum Gasteiger partial charge on any atom is 0.278 e. The van der Waals surface area contributed by atoms with Gasteiger partial charge in [0, 0.05) is 12.3 Å². The SMILES string of the molecule is CCCc1ccc(-c2ccc[nH]2)c([N+](=O)[O-])c1. The van der Waals surface area contributed by atoms with Crippen LogP contribution in [-0.2, 0) is 6.42 Å². The lowest BCUT2D eigenvalue weighted by atomic mass is 10.0. The molecular formula is C13H14N2O2. The zero-order chi connectivity index (χ0) is 12.3. The summed E-state index contributed by atoms with van der Waals surface area (Å²) in [6, 6.07) is 9.10. The largest absolute Gasteiger partial charge is 0.361 e. The Hall–Kier alpha value is -2.10. The van der Waals surface area contributed by atoms with Crippen LogP contribution in [0, 0.1) is 10.1 Å². The van der Waals surface area contributed by atoms with Gasteiger partial charge in [-0.15, -0.1) is 0 Å². The molecule has 0 aliphatic rings. The monoisotopic (exact) mass is 230 g/mol. The Morgan fingerprint density at radius 2 is 2.18 bits per heavy atom. The number of hydrogen-bond acceptors (Lipinski definition) is 2. The van der Waals surface area contributed by atoms with Crippen LogP contribution in [-0.4, -0.2) is 9.91 Å². The van der Waals surface area contributed by atoms with Gasteiger partial charge < -0.3 is 4.98 Å². The maximum absolute atomic E-state index is 11.1. The predicted molar refractivity (Wildman–Crippen MR) is 66.9 cm³/mol. The van der Waals surface area contributed by atoms with Gasteiger partial charge in [0.1, 0.15) is 0 Å². The molecule has 0 radical (unpaired) electrons. The van der Waals surface area contributed by atoms with E-state index in [1.807, 2.05) is 24.3 Å². The van der Waals surface area contributed by atoms with E-state index in [0.29, 0.717) is 5.56 Å². The van der Waals surface area contributed by atoms with Crippen molar-refractivity contribution in [3.63, 3.8) is 0 Å². The summed E-state index contributed by atoms with van der Waals surface area (Å²) in [5.74, 6) is 0. The molecule has 0 saturated carbocycles. The highest BCUT2D eigenvalue weighted by molar-refractivity contribution is 5.71. The molecule has 0 spiro atoms. The zero-order valence-electron chi connectivity index (χ0n) is 9.64. The quantitative estimate of drug-likeness (QED) is 0.645. The van der Waals surface area contributed by atoms with Crippen molar-refractivity contribution in [2.24, 2.45) is 0 Å². The third-order valence-electron chi connectivity index (χ3n) is 2.69. The van der Waals surface area contributed by atoms with Gasteiger partial charge in [0.2, 0.25) is 0 Å². The summed E-state index contributed by atoms with van der Waals surface area (Å²) in [6.07, 6.45) is 3.61. The van der Waals surface area contributed by atoms with Crippen molar-refractivity contribution in [1.29, 1.82) is 0 Å². The molecule has 0 aliphatic carbocycles. The van der Waals surface area contributed by atoms with Crippen molar-refractivity contribution < 1.29 is 4.92 Å². The van der Waals surface area contributed by atoms with Gasteiger partial charge in [0.25, 0.3) is 5.69 Å². The molecule has 0 atom stereocenters. The molecule has 1 heterocycles. The normalized spacial score (nSPS) is 10.4. The standard InChI is InChI=1S/C13H14N2O2/c1-2-4-10-6-7-11(12-5-3-8-14-12)13(9-10)15(16)17/h3,5-9,14H,2,4H2,1H3. The van der Waals surface area contributed by atoms with Crippen LogP contribution in [0.15, 0.2) is 36.5 Å². The summed E-state index contributed by atoms with van der Waals surface area (Å²) in [5, 5.41) is 11.1. The minimum Gasteiger partial charge on any atom is -0.361 e. The molecule has 1 N–H and O–H groups in total. The first-order valence-corrected chi connectivity index (χ1v) is 5.63. The Labute approximate surface area is 99.4 Å². The van der Waals surface area contributed by atoms with Crippen LogP contribution in [0.1, 0.15) is 18.9 Å². The Balaban J connectivity index is 2.49. The predicted octanol–water partition coefficient (Wildman–Crippen LogP) is 3.54. The second-order valence-electron chi connectivity index (χ2n) is 3.94. The van der Waals surface area contributed by atoms with Crippen LogP contribution in [0.2, 0.25) is 0 Å². The number of nitro benzene ring substituents is 1. The average molecular weight is 230 g/mol. The number of nitro groups is 1. The Morgan fingerprint density at radius 1 is 1.35 bits per heavy atom. The van der Waals surface area contributed by atoms with Gasteiger partial charge >= 0.3 is 0 Å². The van der Waals surface area contributed by atoms with Crippen molar-refractivity contribution in [3.05, 3.63) is 52.2 Å². The summed E-state index contributed by atoms with van der Waals surface area (Å²) < 4.78 is 0. The van der Waals surface area contributed by atoms with Gasteiger partial charge in [-0.1, -0.05) is 19.4 Å². The van der Waals surface area contributed by atoms with E-state index in [-0.39, 0.29) is 10.6 Å². The van der Waals surface area contributed by atoms with E-state index >= 15 is 0 Å². The van der Waals surface area contributed by atoms with E-state index < -0.39 is 0 Å². The first-order chi connectivity index (χ1) is 8.22. The molecule has 17 heavy (non-hydrogen) atoms. The van der Waals surface area contributed by atoms with E-state index in [1.54, 1.807) is 12.3 Å². The molecule has 4 heteroatoms. The molecule has 0 saturated heterocycles. The highest BCUT2D eigenvalue weighted by Gasteiger charge is 2.16.